The van der Waals surface area contributed by atoms with E-state index in [2.05, 4.69) is 23.8 Å². The van der Waals surface area contributed by atoms with E-state index in [4.69, 9.17) is 4.74 Å². The average molecular weight is 293 g/mol. The Morgan fingerprint density at radius 3 is 2.85 bits per heavy atom. The van der Waals surface area contributed by atoms with E-state index in [0.717, 1.165) is 16.0 Å². The minimum Gasteiger partial charge on any atom is -0.466 e. The molecule has 0 atom stereocenters. The number of carbonyl (C=O) groups is 1. The van der Waals surface area contributed by atoms with Gasteiger partial charge in [0.2, 0.25) is 0 Å². The van der Waals surface area contributed by atoms with Crippen molar-refractivity contribution in [1.29, 1.82) is 0 Å². The number of rotatable bonds is 5. The van der Waals surface area contributed by atoms with Gasteiger partial charge in [-0.25, -0.2) is 9.97 Å². The van der Waals surface area contributed by atoms with Gasteiger partial charge >= 0.3 is 5.97 Å². The molecule has 0 aliphatic heterocycles. The number of ether oxygens (including phenoxy) is 1. The van der Waals surface area contributed by atoms with Crippen LogP contribution < -0.4 is 4.90 Å². The first-order valence-electron chi connectivity index (χ1n) is 6.62. The fourth-order valence-electron chi connectivity index (χ4n) is 2.05. The molecule has 0 unspecified atom stereocenters. The summed E-state index contributed by atoms with van der Waals surface area (Å²) in [5, 5.41) is 1.08. The zero-order chi connectivity index (χ0) is 14.7. The summed E-state index contributed by atoms with van der Waals surface area (Å²) < 4.78 is 4.95. The van der Waals surface area contributed by atoms with E-state index < -0.39 is 0 Å². The zero-order valence-corrected chi connectivity index (χ0v) is 13.1. The second-order valence-electron chi connectivity index (χ2n) is 4.64. The van der Waals surface area contributed by atoms with E-state index in [1.54, 1.807) is 17.7 Å². The first kappa shape index (κ1) is 14.7. The van der Waals surface area contributed by atoms with Gasteiger partial charge in [0.25, 0.3) is 0 Å². The van der Waals surface area contributed by atoms with E-state index in [-0.39, 0.29) is 5.97 Å². The van der Waals surface area contributed by atoms with Crippen LogP contribution in [0.5, 0.6) is 0 Å². The van der Waals surface area contributed by atoms with Gasteiger partial charge in [-0.05, 0) is 26.3 Å². The Bertz CT molecular complexity index is 624. The Morgan fingerprint density at radius 2 is 2.15 bits per heavy atom. The summed E-state index contributed by atoms with van der Waals surface area (Å²) in [6.07, 6.45) is 1.94. The third kappa shape index (κ3) is 2.90. The van der Waals surface area contributed by atoms with E-state index in [1.807, 2.05) is 18.9 Å². The number of hydrogen-bond acceptors (Lipinski definition) is 6. The number of esters is 1. The van der Waals surface area contributed by atoms with Crippen molar-refractivity contribution in [3.05, 3.63) is 16.8 Å². The van der Waals surface area contributed by atoms with Crippen LogP contribution in [-0.4, -0.2) is 36.1 Å². The standard InChI is InChI=1S/C14H19N3O2S/c1-5-19-11(18)6-7-17(4)13-12-9(2)10(3)20-14(12)16-8-15-13/h8H,5-7H2,1-4H3. The van der Waals surface area contributed by atoms with Crippen molar-refractivity contribution < 1.29 is 9.53 Å². The molecule has 0 radical (unpaired) electrons. The third-order valence-corrected chi connectivity index (χ3v) is 4.38. The highest BCUT2D eigenvalue weighted by Gasteiger charge is 2.15. The number of aryl methyl sites for hydroxylation is 2. The maximum Gasteiger partial charge on any atom is 0.307 e. The van der Waals surface area contributed by atoms with Crippen molar-refractivity contribution in [2.45, 2.75) is 27.2 Å². The minimum atomic E-state index is -0.178. The number of aromatic nitrogens is 2. The smallest absolute Gasteiger partial charge is 0.307 e. The van der Waals surface area contributed by atoms with Crippen molar-refractivity contribution >= 4 is 33.3 Å². The lowest BCUT2D eigenvalue weighted by molar-refractivity contribution is -0.142. The number of fused-ring (bicyclic) bond motifs is 1. The summed E-state index contributed by atoms with van der Waals surface area (Å²) in [7, 11) is 1.94. The summed E-state index contributed by atoms with van der Waals surface area (Å²) in [6, 6.07) is 0. The fourth-order valence-corrected chi connectivity index (χ4v) is 3.04. The van der Waals surface area contributed by atoms with Crippen molar-refractivity contribution in [2.75, 3.05) is 25.1 Å². The Morgan fingerprint density at radius 1 is 1.40 bits per heavy atom. The van der Waals surface area contributed by atoms with E-state index >= 15 is 0 Å². The van der Waals surface area contributed by atoms with Crippen molar-refractivity contribution in [2.24, 2.45) is 0 Å². The SMILES string of the molecule is CCOC(=O)CCN(C)c1ncnc2sc(C)c(C)c12. The Kier molecular flexibility index (Phi) is 4.54. The van der Waals surface area contributed by atoms with Crippen molar-refractivity contribution in [3.63, 3.8) is 0 Å². The van der Waals surface area contributed by atoms with Gasteiger partial charge < -0.3 is 9.64 Å². The quantitative estimate of drug-likeness (QED) is 0.793. The normalized spacial score (nSPS) is 10.8. The van der Waals surface area contributed by atoms with Gasteiger partial charge in [0.1, 0.15) is 17.0 Å². The van der Waals surface area contributed by atoms with E-state index in [0.29, 0.717) is 19.6 Å². The summed E-state index contributed by atoms with van der Waals surface area (Å²) in [6.45, 7) is 6.99. The molecule has 2 aromatic rings. The van der Waals surface area contributed by atoms with Crippen LogP contribution >= 0.6 is 11.3 Å². The number of carbonyl (C=O) groups excluding carboxylic acids is 1. The highest BCUT2D eigenvalue weighted by Crippen LogP contribution is 2.33. The lowest BCUT2D eigenvalue weighted by atomic mass is 10.2. The summed E-state index contributed by atoms with van der Waals surface area (Å²) in [5.74, 6) is 0.698. The molecule has 0 aromatic carbocycles. The maximum atomic E-state index is 11.4. The molecule has 108 valence electrons. The molecule has 0 aliphatic rings. The van der Waals surface area contributed by atoms with Crippen LogP contribution in [0, 0.1) is 13.8 Å². The van der Waals surface area contributed by atoms with Crippen molar-refractivity contribution in [1.82, 2.24) is 9.97 Å². The summed E-state index contributed by atoms with van der Waals surface area (Å²) >= 11 is 1.67. The molecule has 0 saturated carbocycles. The third-order valence-electron chi connectivity index (χ3n) is 3.26. The molecule has 0 spiro atoms. The maximum absolute atomic E-state index is 11.4. The molecule has 0 amide bonds. The van der Waals surface area contributed by atoms with Gasteiger partial charge in [0.15, 0.2) is 0 Å². The molecule has 0 fully saturated rings. The van der Waals surface area contributed by atoms with E-state index in [1.165, 1.54) is 10.4 Å². The lowest BCUT2D eigenvalue weighted by Crippen LogP contribution is -2.23. The van der Waals surface area contributed by atoms with Crippen LogP contribution in [0.1, 0.15) is 23.8 Å². The summed E-state index contributed by atoms with van der Waals surface area (Å²) in [5.41, 5.74) is 1.21. The Balaban J connectivity index is 2.22. The first-order chi connectivity index (χ1) is 9.54. The minimum absolute atomic E-state index is 0.178. The van der Waals surface area contributed by atoms with Crippen LogP contribution in [-0.2, 0) is 9.53 Å². The Labute approximate surface area is 122 Å². The molecular weight excluding hydrogens is 274 g/mol. The van der Waals surface area contributed by atoms with Crippen LogP contribution in [0.4, 0.5) is 5.82 Å². The fraction of sp³-hybridized carbons (Fsp3) is 0.500. The van der Waals surface area contributed by atoms with Gasteiger partial charge in [-0.15, -0.1) is 11.3 Å². The predicted octanol–water partition coefficient (Wildman–Crippen LogP) is 2.70. The van der Waals surface area contributed by atoms with E-state index in [9.17, 15) is 4.79 Å². The van der Waals surface area contributed by atoms with Crippen LogP contribution in [0.3, 0.4) is 0 Å². The first-order valence-corrected chi connectivity index (χ1v) is 7.43. The molecule has 0 aliphatic carbocycles. The molecule has 2 aromatic heterocycles. The van der Waals surface area contributed by atoms with Crippen LogP contribution in [0.15, 0.2) is 6.33 Å². The molecule has 0 saturated heterocycles. The molecule has 0 bridgehead atoms. The van der Waals surface area contributed by atoms with Crippen molar-refractivity contribution in [3.8, 4) is 0 Å². The van der Waals surface area contributed by atoms with Crippen LogP contribution in [0.2, 0.25) is 0 Å². The topological polar surface area (TPSA) is 55.3 Å². The molecule has 2 rings (SSSR count). The zero-order valence-electron chi connectivity index (χ0n) is 12.3. The molecule has 6 heteroatoms. The molecular formula is C14H19N3O2S. The monoisotopic (exact) mass is 293 g/mol. The molecule has 0 N–H and O–H groups in total. The molecule has 20 heavy (non-hydrogen) atoms. The van der Waals surface area contributed by atoms with Gasteiger partial charge in [-0.2, -0.15) is 0 Å². The second-order valence-corrected chi connectivity index (χ2v) is 5.84. The number of thiophene rings is 1. The van der Waals surface area contributed by atoms with Gasteiger partial charge in [-0.3, -0.25) is 4.79 Å². The van der Waals surface area contributed by atoms with Gasteiger partial charge in [-0.1, -0.05) is 0 Å². The summed E-state index contributed by atoms with van der Waals surface area (Å²) in [4.78, 5) is 24.4. The predicted molar refractivity (Wildman–Crippen MR) is 81.4 cm³/mol. The lowest BCUT2D eigenvalue weighted by Gasteiger charge is -2.18. The van der Waals surface area contributed by atoms with Gasteiger partial charge in [0, 0.05) is 18.5 Å². The largest absolute Gasteiger partial charge is 0.466 e. The van der Waals surface area contributed by atoms with Crippen LogP contribution in [0.25, 0.3) is 10.2 Å². The molecule has 2 heterocycles. The highest BCUT2D eigenvalue weighted by atomic mass is 32.1. The number of anilines is 1. The average Bonchev–Trinajstić information content (AvgIpc) is 2.72. The highest BCUT2D eigenvalue weighted by molar-refractivity contribution is 7.18. The Hall–Kier alpha value is -1.69. The number of hydrogen-bond donors (Lipinski definition) is 0. The second kappa shape index (κ2) is 6.17. The van der Waals surface area contributed by atoms with Gasteiger partial charge in [0.05, 0.1) is 18.4 Å². The molecule has 5 nitrogen and oxygen atoms in total. The number of nitrogens with zero attached hydrogens (tertiary/aromatic N) is 3.